The molecule has 2 N–H and O–H groups in total. The molecule has 2 amide bonds. The normalized spacial score (nSPS) is 17.1. The summed E-state index contributed by atoms with van der Waals surface area (Å²) >= 11 is 12.7. The van der Waals surface area contributed by atoms with E-state index in [1.54, 1.807) is 19.1 Å². The van der Waals surface area contributed by atoms with E-state index in [0.717, 1.165) is 0 Å². The van der Waals surface area contributed by atoms with Crippen molar-refractivity contribution < 1.29 is 19.1 Å². The number of carbonyl (C=O) groups is 2. The van der Waals surface area contributed by atoms with Gasteiger partial charge in [-0.15, -0.1) is 0 Å². The first-order chi connectivity index (χ1) is 12.6. The van der Waals surface area contributed by atoms with Crippen LogP contribution in [0.1, 0.15) is 46.2 Å². The van der Waals surface area contributed by atoms with E-state index < -0.39 is 18.0 Å². The van der Waals surface area contributed by atoms with Gasteiger partial charge in [-0.05, 0) is 44.4 Å². The van der Waals surface area contributed by atoms with Gasteiger partial charge in [0.15, 0.2) is 5.75 Å². The van der Waals surface area contributed by atoms with Crippen molar-refractivity contribution in [2.45, 2.75) is 46.8 Å². The third-order valence-corrected chi connectivity index (χ3v) is 4.44. The Labute approximate surface area is 169 Å². The lowest BCUT2D eigenvalue weighted by molar-refractivity contribution is -0.139. The molecule has 0 spiro atoms. The van der Waals surface area contributed by atoms with Gasteiger partial charge in [0.1, 0.15) is 0 Å². The molecule has 0 aliphatic carbocycles. The fourth-order valence-electron chi connectivity index (χ4n) is 2.82. The predicted octanol–water partition coefficient (Wildman–Crippen LogP) is 4.61. The van der Waals surface area contributed by atoms with Gasteiger partial charge in [-0.3, -0.25) is 0 Å². The Balaban J connectivity index is 2.58. The van der Waals surface area contributed by atoms with E-state index in [-0.39, 0.29) is 18.6 Å². The van der Waals surface area contributed by atoms with Crippen molar-refractivity contribution in [2.24, 2.45) is 5.92 Å². The number of nitrogens with one attached hydrogen (secondary N) is 2. The lowest BCUT2D eigenvalue weighted by Gasteiger charge is -2.31. The van der Waals surface area contributed by atoms with E-state index in [1.165, 1.54) is 0 Å². The lowest BCUT2D eigenvalue weighted by atomic mass is 9.91. The Bertz CT molecular complexity index is 752. The molecule has 1 aliphatic rings. The number of rotatable bonds is 6. The van der Waals surface area contributed by atoms with Crippen LogP contribution in [-0.4, -0.2) is 24.7 Å². The van der Waals surface area contributed by atoms with E-state index in [1.807, 2.05) is 27.7 Å². The standard InChI is InChI=1S/C19H24Cl2N2O4/c1-6-26-18(24)14-15(9(2)3)22-19(25)23-16(14)11-7-12(20)17(13(21)8-11)27-10(4)5/h7-10,16H,6H2,1-5H3,(H2,22,23,25). The summed E-state index contributed by atoms with van der Waals surface area (Å²) in [6.07, 6.45) is -0.105. The van der Waals surface area contributed by atoms with Gasteiger partial charge in [-0.25, -0.2) is 9.59 Å². The fraction of sp³-hybridized carbons (Fsp3) is 0.474. The van der Waals surface area contributed by atoms with Crippen LogP contribution < -0.4 is 15.4 Å². The maximum Gasteiger partial charge on any atom is 0.338 e. The molecule has 0 radical (unpaired) electrons. The van der Waals surface area contributed by atoms with Crippen LogP contribution >= 0.6 is 23.2 Å². The zero-order valence-corrected chi connectivity index (χ0v) is 17.5. The fourth-order valence-corrected chi connectivity index (χ4v) is 3.41. The smallest absolute Gasteiger partial charge is 0.338 e. The molecule has 1 aromatic rings. The van der Waals surface area contributed by atoms with Gasteiger partial charge in [0.25, 0.3) is 0 Å². The Morgan fingerprint density at radius 2 is 1.78 bits per heavy atom. The molecule has 1 heterocycles. The molecule has 0 saturated carbocycles. The molecule has 6 nitrogen and oxygen atoms in total. The number of allylic oxidation sites excluding steroid dienone is 1. The highest BCUT2D eigenvalue weighted by Gasteiger charge is 2.35. The summed E-state index contributed by atoms with van der Waals surface area (Å²) in [5.74, 6) is -0.232. The number of hydrogen-bond acceptors (Lipinski definition) is 4. The Morgan fingerprint density at radius 3 is 2.26 bits per heavy atom. The average Bonchev–Trinajstić information content (AvgIpc) is 2.57. The molecule has 0 aromatic heterocycles. The van der Waals surface area contributed by atoms with E-state index >= 15 is 0 Å². The quantitative estimate of drug-likeness (QED) is 0.666. The lowest BCUT2D eigenvalue weighted by Crippen LogP contribution is -2.47. The molecule has 1 atom stereocenters. The minimum Gasteiger partial charge on any atom is -0.488 e. The highest BCUT2D eigenvalue weighted by molar-refractivity contribution is 6.37. The van der Waals surface area contributed by atoms with Crippen LogP contribution in [-0.2, 0) is 9.53 Å². The van der Waals surface area contributed by atoms with Crippen molar-refractivity contribution in [1.82, 2.24) is 10.6 Å². The van der Waals surface area contributed by atoms with Crippen LogP contribution in [0.15, 0.2) is 23.4 Å². The van der Waals surface area contributed by atoms with Crippen LogP contribution in [0.25, 0.3) is 0 Å². The SMILES string of the molecule is CCOC(=O)C1=C(C(C)C)NC(=O)NC1c1cc(Cl)c(OC(C)C)c(Cl)c1. The van der Waals surface area contributed by atoms with Gasteiger partial charge in [0.2, 0.25) is 0 Å². The van der Waals surface area contributed by atoms with Gasteiger partial charge in [-0.1, -0.05) is 37.0 Å². The van der Waals surface area contributed by atoms with Gasteiger partial charge in [0.05, 0.1) is 34.4 Å². The van der Waals surface area contributed by atoms with Crippen LogP contribution in [0, 0.1) is 5.92 Å². The van der Waals surface area contributed by atoms with E-state index in [2.05, 4.69) is 10.6 Å². The summed E-state index contributed by atoms with van der Waals surface area (Å²) < 4.78 is 10.9. The first kappa shape index (κ1) is 21.4. The van der Waals surface area contributed by atoms with Crippen LogP contribution in [0.3, 0.4) is 0 Å². The molecule has 0 fully saturated rings. The second-order valence-electron chi connectivity index (χ2n) is 6.71. The highest BCUT2D eigenvalue weighted by Crippen LogP contribution is 2.39. The summed E-state index contributed by atoms with van der Waals surface area (Å²) in [5, 5.41) is 6.06. The molecule has 27 heavy (non-hydrogen) atoms. The third kappa shape index (κ3) is 4.87. The van der Waals surface area contributed by atoms with Crippen molar-refractivity contribution in [1.29, 1.82) is 0 Å². The first-order valence-corrected chi connectivity index (χ1v) is 9.55. The van der Waals surface area contributed by atoms with Gasteiger partial charge >= 0.3 is 12.0 Å². The Kier molecular flexibility index (Phi) is 7.00. The molecule has 1 unspecified atom stereocenters. The maximum atomic E-state index is 12.6. The van der Waals surface area contributed by atoms with E-state index in [9.17, 15) is 9.59 Å². The molecule has 1 aliphatic heterocycles. The minimum absolute atomic E-state index is 0.0903. The number of amides is 2. The number of halogens is 2. The summed E-state index contributed by atoms with van der Waals surface area (Å²) in [6.45, 7) is 9.45. The molecular weight excluding hydrogens is 391 g/mol. The number of ether oxygens (including phenoxy) is 2. The molecule has 8 heteroatoms. The van der Waals surface area contributed by atoms with Gasteiger partial charge in [-0.2, -0.15) is 0 Å². The second kappa shape index (κ2) is 8.85. The van der Waals surface area contributed by atoms with Crippen molar-refractivity contribution >= 4 is 35.2 Å². The second-order valence-corrected chi connectivity index (χ2v) is 7.53. The van der Waals surface area contributed by atoms with Crippen molar-refractivity contribution in [3.63, 3.8) is 0 Å². The molecule has 148 valence electrons. The summed E-state index contributed by atoms with van der Waals surface area (Å²) in [5.41, 5.74) is 1.41. The van der Waals surface area contributed by atoms with Crippen molar-refractivity contribution in [3.05, 3.63) is 39.0 Å². The molecule has 2 rings (SSSR count). The predicted molar refractivity (Wildman–Crippen MR) is 105 cm³/mol. The maximum absolute atomic E-state index is 12.6. The average molecular weight is 415 g/mol. The third-order valence-electron chi connectivity index (χ3n) is 3.88. The molecule has 0 saturated heterocycles. The molecule has 1 aromatic carbocycles. The highest BCUT2D eigenvalue weighted by atomic mass is 35.5. The number of carbonyl (C=O) groups excluding carboxylic acids is 2. The number of esters is 1. The number of benzene rings is 1. The van der Waals surface area contributed by atoms with Crippen LogP contribution in [0.4, 0.5) is 4.79 Å². The van der Waals surface area contributed by atoms with Crippen LogP contribution in [0.2, 0.25) is 10.0 Å². The van der Waals surface area contributed by atoms with Gasteiger partial charge < -0.3 is 20.1 Å². The molecule has 0 bridgehead atoms. The zero-order chi connectivity index (χ0) is 20.3. The minimum atomic E-state index is -0.738. The zero-order valence-electron chi connectivity index (χ0n) is 16.0. The first-order valence-electron chi connectivity index (χ1n) is 8.79. The number of urea groups is 1. The van der Waals surface area contributed by atoms with E-state index in [0.29, 0.717) is 32.6 Å². The Morgan fingerprint density at radius 1 is 1.19 bits per heavy atom. The summed E-state index contributed by atoms with van der Waals surface area (Å²) in [7, 11) is 0. The van der Waals surface area contributed by atoms with E-state index in [4.69, 9.17) is 32.7 Å². The van der Waals surface area contributed by atoms with Gasteiger partial charge in [0, 0.05) is 5.70 Å². The van der Waals surface area contributed by atoms with Crippen molar-refractivity contribution in [2.75, 3.05) is 6.61 Å². The summed E-state index contributed by atoms with van der Waals surface area (Å²) in [6, 6.07) is 2.13. The summed E-state index contributed by atoms with van der Waals surface area (Å²) in [4.78, 5) is 24.8. The van der Waals surface area contributed by atoms with Crippen molar-refractivity contribution in [3.8, 4) is 5.75 Å². The monoisotopic (exact) mass is 414 g/mol. The molecular formula is C19H24Cl2N2O4. The largest absolute Gasteiger partial charge is 0.488 e. The Hall–Kier alpha value is -1.92. The van der Waals surface area contributed by atoms with Crippen LogP contribution in [0.5, 0.6) is 5.75 Å². The topological polar surface area (TPSA) is 76.7 Å². The number of hydrogen-bond donors (Lipinski definition) is 2.